The van der Waals surface area contributed by atoms with Crippen molar-refractivity contribution in [2.75, 3.05) is 68.2 Å². The summed E-state index contributed by atoms with van der Waals surface area (Å²) in [6, 6.07) is 16.5. The fraction of sp³-hybridized carbons (Fsp3) is 0.403. The molecule has 0 radical (unpaired) electrons. The predicted molar refractivity (Wildman–Crippen MR) is 341 cm³/mol. The number of ether oxygens (including phenoxy) is 4. The number of Topliss-reactive ketones (excluding diaryl/α,β-unsaturated/α-hetero) is 2. The lowest BCUT2D eigenvalue weighted by atomic mass is 9.88. The number of ketones is 2. The van der Waals surface area contributed by atoms with Gasteiger partial charge >= 0.3 is 12.1 Å². The van der Waals surface area contributed by atoms with Crippen molar-refractivity contribution < 1.29 is 81.9 Å². The van der Waals surface area contributed by atoms with Crippen LogP contribution in [0.4, 0.5) is 22.0 Å². The van der Waals surface area contributed by atoms with Crippen molar-refractivity contribution in [3.8, 4) is 16.9 Å². The number of aromatic carboxylic acids is 1. The average molecular weight is 1300 g/mol. The highest BCUT2D eigenvalue weighted by molar-refractivity contribution is 6.13. The van der Waals surface area contributed by atoms with Gasteiger partial charge < -0.3 is 64.5 Å². The van der Waals surface area contributed by atoms with E-state index in [2.05, 4.69) is 32.8 Å². The van der Waals surface area contributed by atoms with Crippen LogP contribution in [-0.2, 0) is 74.9 Å². The third-order valence-corrected chi connectivity index (χ3v) is 16.1. The lowest BCUT2D eigenvalue weighted by molar-refractivity contribution is -0.137. The largest absolute Gasteiger partial charge is 0.493 e. The summed E-state index contributed by atoms with van der Waals surface area (Å²) >= 11 is 0. The number of carbonyl (C=O) groups is 11. The molecule has 27 heteroatoms. The molecule has 27 nitrogen and oxygen atoms in total. The summed E-state index contributed by atoms with van der Waals surface area (Å²) < 4.78 is 25.9. The standard InChI is InChI=1S/C67H78N10O17/c1-39(2)49(33-48(78)21-25-91-27-28-92-26-22-68-57(80)20-23-75-59(82)18-19-60(75)83)62(84)69-42(5)54(79)31-43-10-12-44(13-11-43)38-94-67(90)77-51-34-55(41(4)30-50(51)64(86)76-35-40(3)29-52(76)65(77)87)93-24-8-9-58(81)71-56-37-74(7)61(72-56)63(85)70-47-16-14-45(15-17-47)46-32-53(66(88)89)73(6)36-46/h10-19,30,32,34,36-37,39,42,49,52,65,87H,3,8-9,20-29,31,33,35,38H2,1-2,4-7H3,(H,68,80)(H,69,84)(H,70,85)(H,71,81)(H,88,89)/t42-,49-,52-,65?/m0/s1. The number of anilines is 3. The molecule has 3 aromatic carbocycles. The van der Waals surface area contributed by atoms with Gasteiger partial charge in [0.1, 0.15) is 23.8 Å². The third-order valence-electron chi connectivity index (χ3n) is 16.1. The Morgan fingerprint density at radius 2 is 1.47 bits per heavy atom. The van der Waals surface area contributed by atoms with E-state index >= 15 is 0 Å². The fourth-order valence-corrected chi connectivity index (χ4v) is 10.8. The van der Waals surface area contributed by atoms with Crippen molar-refractivity contribution in [2.24, 2.45) is 25.9 Å². The second kappa shape index (κ2) is 31.9. The molecule has 3 aliphatic rings. The van der Waals surface area contributed by atoms with Crippen LogP contribution in [0.15, 0.2) is 103 Å². The second-order valence-electron chi connectivity index (χ2n) is 23.6. The SMILES string of the molecule is C=C1C[C@H]2C(O)N(C(=O)OCc3ccc(CC(=O)[C@H](C)NC(=O)[C@@H](CC(=O)CCOCCOCCNC(=O)CCN4C(=O)C=CC4=O)C(C)C)cc3)c3cc(OCCCC(=O)Nc4cn(C)c(C(=O)Nc5ccc(-c6cc(C(=O)O)n(C)c6)cc5)n4)c(C)cc3C(=O)N2C1. The minimum atomic E-state index is -1.55. The number of carboxylic acids is 1. The van der Waals surface area contributed by atoms with Crippen molar-refractivity contribution >= 4 is 82.2 Å². The van der Waals surface area contributed by atoms with E-state index in [0.717, 1.165) is 27.5 Å². The number of fused-ring (bicyclic) bond motifs is 2. The summed E-state index contributed by atoms with van der Waals surface area (Å²) in [5, 5.41) is 32.2. The van der Waals surface area contributed by atoms with Crippen LogP contribution in [0.25, 0.3) is 11.1 Å². The maximum atomic E-state index is 14.2. The molecule has 8 rings (SSSR count). The van der Waals surface area contributed by atoms with Crippen molar-refractivity contribution in [3.05, 3.63) is 137 Å². The number of benzene rings is 3. The van der Waals surface area contributed by atoms with Gasteiger partial charge in [0.05, 0.1) is 56.4 Å². The molecule has 4 atom stereocenters. The number of hydrogen-bond donors (Lipinski definition) is 6. The Morgan fingerprint density at radius 3 is 2.15 bits per heavy atom. The average Bonchev–Trinajstić information content (AvgIpc) is 1.58. The molecule has 6 N–H and O–H groups in total. The number of carboxylic acid groups (broad SMARTS) is 1. The van der Waals surface area contributed by atoms with Gasteiger partial charge in [-0.05, 0) is 79.1 Å². The Kier molecular flexibility index (Phi) is 23.7. The van der Waals surface area contributed by atoms with E-state index in [4.69, 9.17) is 18.9 Å². The highest BCUT2D eigenvalue weighted by Gasteiger charge is 2.46. The molecule has 5 heterocycles. The van der Waals surface area contributed by atoms with E-state index in [9.17, 15) is 63.0 Å². The number of aryl methyl sites for hydroxylation is 3. The van der Waals surface area contributed by atoms with E-state index in [0.29, 0.717) is 33.5 Å². The van der Waals surface area contributed by atoms with Gasteiger partial charge in [0.15, 0.2) is 17.8 Å². The summed E-state index contributed by atoms with van der Waals surface area (Å²) in [6.07, 6.45) is 3.38. The Morgan fingerprint density at radius 1 is 0.777 bits per heavy atom. The number of nitrogens with zero attached hydrogens (tertiary/aromatic N) is 6. The van der Waals surface area contributed by atoms with Gasteiger partial charge in [-0.1, -0.05) is 62.4 Å². The minimum Gasteiger partial charge on any atom is -0.493 e. The molecule has 1 saturated heterocycles. The molecule has 3 aliphatic heterocycles. The Bertz CT molecular complexity index is 3720. The Balaban J connectivity index is 0.768. The Labute approximate surface area is 542 Å². The number of imidazole rings is 1. The van der Waals surface area contributed by atoms with Gasteiger partial charge in [-0.3, -0.25) is 48.1 Å². The number of nitrogens with one attached hydrogen (secondary N) is 4. The van der Waals surface area contributed by atoms with Gasteiger partial charge in [-0.25, -0.2) is 19.5 Å². The van der Waals surface area contributed by atoms with Crippen molar-refractivity contribution in [2.45, 2.75) is 97.6 Å². The van der Waals surface area contributed by atoms with Gasteiger partial charge in [0.25, 0.3) is 23.6 Å². The number of hydrogen-bond acceptors (Lipinski definition) is 17. The first-order chi connectivity index (χ1) is 44.8. The van der Waals surface area contributed by atoms with Crippen LogP contribution in [0, 0.1) is 18.8 Å². The van der Waals surface area contributed by atoms with Crippen LogP contribution in [0.3, 0.4) is 0 Å². The maximum absolute atomic E-state index is 14.2. The van der Waals surface area contributed by atoms with Gasteiger partial charge in [-0.15, -0.1) is 0 Å². The zero-order valence-electron chi connectivity index (χ0n) is 53.3. The molecule has 2 aromatic heterocycles. The predicted octanol–water partition coefficient (Wildman–Crippen LogP) is 5.43. The molecule has 1 fully saturated rings. The lowest BCUT2D eigenvalue weighted by Crippen LogP contribution is -2.50. The topological polar surface area (TPSA) is 346 Å². The summed E-state index contributed by atoms with van der Waals surface area (Å²) in [5.74, 6) is -5.03. The number of rotatable bonds is 32. The van der Waals surface area contributed by atoms with E-state index in [1.165, 1.54) is 26.3 Å². The van der Waals surface area contributed by atoms with Crippen LogP contribution >= 0.6 is 0 Å². The van der Waals surface area contributed by atoms with E-state index in [1.807, 2.05) is 13.8 Å². The molecule has 8 amide bonds. The van der Waals surface area contributed by atoms with Crippen molar-refractivity contribution in [1.29, 1.82) is 0 Å². The van der Waals surface area contributed by atoms with Gasteiger partial charge in [0.2, 0.25) is 23.5 Å². The zero-order valence-corrected chi connectivity index (χ0v) is 53.3. The van der Waals surface area contributed by atoms with Crippen LogP contribution in [0.1, 0.15) is 107 Å². The third kappa shape index (κ3) is 18.1. The minimum absolute atomic E-state index is 0.00876. The maximum Gasteiger partial charge on any atom is 0.416 e. The second-order valence-corrected chi connectivity index (χ2v) is 23.6. The quantitative estimate of drug-likeness (QED) is 0.0178. The van der Waals surface area contributed by atoms with Crippen molar-refractivity contribution in [3.63, 3.8) is 0 Å². The van der Waals surface area contributed by atoms with Crippen molar-refractivity contribution in [1.82, 2.24) is 34.6 Å². The van der Waals surface area contributed by atoms with Gasteiger partial charge in [0, 0.05) is 114 Å². The first-order valence-corrected chi connectivity index (χ1v) is 30.8. The number of imide groups is 1. The van der Waals surface area contributed by atoms with E-state index < -0.39 is 71.7 Å². The molecule has 0 saturated carbocycles. The Hall–Kier alpha value is -10.1. The molecule has 0 aliphatic carbocycles. The molecular weight excluding hydrogens is 1220 g/mol. The molecular formula is C67H78N10O17. The number of amides is 8. The van der Waals surface area contributed by atoms with Gasteiger partial charge in [-0.2, -0.15) is 0 Å². The van der Waals surface area contributed by atoms with Crippen LogP contribution in [-0.4, -0.2) is 170 Å². The molecule has 5 aromatic rings. The van der Waals surface area contributed by atoms with Crippen LogP contribution in [0.2, 0.25) is 0 Å². The summed E-state index contributed by atoms with van der Waals surface area (Å²) in [5.41, 5.74) is 4.62. The van der Waals surface area contributed by atoms with E-state index in [1.54, 1.807) is 94.8 Å². The van der Waals surface area contributed by atoms with Crippen LogP contribution in [0.5, 0.6) is 5.75 Å². The number of aliphatic hydroxyl groups is 1. The molecule has 0 spiro atoms. The van der Waals surface area contributed by atoms with E-state index in [-0.39, 0.29) is 162 Å². The first kappa shape index (κ1) is 69.8. The summed E-state index contributed by atoms with van der Waals surface area (Å²) in [7, 11) is 3.25. The zero-order chi connectivity index (χ0) is 67.9. The molecule has 0 bridgehead atoms. The smallest absolute Gasteiger partial charge is 0.416 e. The fourth-order valence-electron chi connectivity index (χ4n) is 10.8. The molecule has 94 heavy (non-hydrogen) atoms. The summed E-state index contributed by atoms with van der Waals surface area (Å²) in [6.45, 7) is 11.8. The van der Waals surface area contributed by atoms with Crippen LogP contribution < -0.4 is 30.9 Å². The first-order valence-electron chi connectivity index (χ1n) is 30.8. The number of carbonyl (C=O) groups excluding carboxylic acids is 10. The number of aromatic nitrogens is 3. The molecule has 1 unspecified atom stereocenters. The summed E-state index contributed by atoms with van der Waals surface area (Å²) in [4.78, 5) is 149. The highest BCUT2D eigenvalue weighted by atomic mass is 16.6. The number of aliphatic hydroxyl groups excluding tert-OH is 1. The molecule has 498 valence electrons. The normalized spacial score (nSPS) is 15.7. The lowest BCUT2D eigenvalue weighted by Gasteiger charge is -2.31. The highest BCUT2D eigenvalue weighted by Crippen LogP contribution is 2.40. The monoisotopic (exact) mass is 1290 g/mol.